The molecule has 0 spiro atoms. The smallest absolute Gasteiger partial charge is 0.273 e. The van der Waals surface area contributed by atoms with E-state index in [1.165, 1.54) is 16.9 Å². The van der Waals surface area contributed by atoms with Crippen molar-refractivity contribution < 1.29 is 9.53 Å². The van der Waals surface area contributed by atoms with E-state index in [9.17, 15) is 9.59 Å². The molecule has 1 saturated heterocycles. The highest BCUT2D eigenvalue weighted by Gasteiger charge is 2.40. The van der Waals surface area contributed by atoms with E-state index < -0.39 is 0 Å². The fourth-order valence-corrected chi connectivity index (χ4v) is 5.99. The molecule has 1 aromatic heterocycles. The van der Waals surface area contributed by atoms with Gasteiger partial charge in [-0.3, -0.25) is 19.1 Å². The van der Waals surface area contributed by atoms with Crippen molar-refractivity contribution in [3.63, 3.8) is 0 Å². The molecule has 156 valence electrons. The standard InChI is InChI=1S/C24H21N3O3S/c1-13-8-10-14(11-9-13)19-16-6-4-12-30-23(16)27-22(29)20(31-24(27)26-19)18-15-5-2-3-7-17(15)25-21(18)28/h2-3,5,7-11,16,19,23H,4,6,12H2,1H3,(H,25,28)/b20-18-. The van der Waals surface area contributed by atoms with Crippen molar-refractivity contribution in [2.24, 2.45) is 10.9 Å². The molecule has 3 aliphatic rings. The van der Waals surface area contributed by atoms with Gasteiger partial charge in [0.05, 0.1) is 11.6 Å². The molecule has 6 rings (SSSR count). The third-order valence-electron chi connectivity index (χ3n) is 6.38. The number of amides is 1. The number of carbonyl (C=O) groups is 1. The maximum absolute atomic E-state index is 13.5. The van der Waals surface area contributed by atoms with Gasteiger partial charge in [-0.2, -0.15) is 0 Å². The third kappa shape index (κ3) is 2.84. The van der Waals surface area contributed by atoms with E-state index in [1.807, 2.05) is 24.3 Å². The molecule has 1 fully saturated rings. The number of ether oxygens (including phenoxy) is 1. The maximum atomic E-state index is 13.5. The molecule has 6 nitrogen and oxygen atoms in total. The number of aryl methyl sites for hydroxylation is 1. The number of fused-ring (bicyclic) bond motifs is 4. The van der Waals surface area contributed by atoms with E-state index in [4.69, 9.17) is 9.73 Å². The second-order valence-corrected chi connectivity index (χ2v) is 9.29. The number of thiazole rings is 1. The highest BCUT2D eigenvalue weighted by atomic mass is 32.1. The molecule has 3 aliphatic heterocycles. The monoisotopic (exact) mass is 431 g/mol. The molecular weight excluding hydrogens is 410 g/mol. The Morgan fingerprint density at radius 3 is 2.77 bits per heavy atom. The summed E-state index contributed by atoms with van der Waals surface area (Å²) in [4.78, 5) is 31.9. The summed E-state index contributed by atoms with van der Waals surface area (Å²) in [5.41, 5.74) is 4.08. The molecule has 3 atom stereocenters. The Balaban J connectivity index is 1.61. The van der Waals surface area contributed by atoms with Crippen molar-refractivity contribution in [1.29, 1.82) is 0 Å². The van der Waals surface area contributed by atoms with Crippen LogP contribution in [-0.4, -0.2) is 17.1 Å². The van der Waals surface area contributed by atoms with E-state index in [0.717, 1.165) is 29.7 Å². The van der Waals surface area contributed by atoms with Crippen LogP contribution in [0.2, 0.25) is 0 Å². The zero-order chi connectivity index (χ0) is 21.1. The van der Waals surface area contributed by atoms with Crippen molar-refractivity contribution >= 4 is 28.5 Å². The van der Waals surface area contributed by atoms with Gasteiger partial charge in [-0.15, -0.1) is 0 Å². The molecule has 31 heavy (non-hydrogen) atoms. The van der Waals surface area contributed by atoms with Gasteiger partial charge in [0.2, 0.25) is 0 Å². The van der Waals surface area contributed by atoms with Gasteiger partial charge in [0.15, 0.2) is 4.80 Å². The van der Waals surface area contributed by atoms with Crippen LogP contribution >= 0.6 is 11.3 Å². The number of para-hydroxylation sites is 1. The lowest BCUT2D eigenvalue weighted by Crippen LogP contribution is -2.45. The van der Waals surface area contributed by atoms with Gasteiger partial charge < -0.3 is 10.1 Å². The van der Waals surface area contributed by atoms with Gasteiger partial charge in [0.1, 0.15) is 10.8 Å². The number of benzene rings is 2. The van der Waals surface area contributed by atoms with Crippen LogP contribution < -0.4 is 20.2 Å². The number of hydrogen-bond donors (Lipinski definition) is 1. The SMILES string of the molecule is Cc1ccc(C2N=c3s/c(=C4\C(=O)Nc5ccccc54)c(=O)n3C3OCCCC23)cc1. The number of nitrogens with one attached hydrogen (secondary N) is 1. The van der Waals surface area contributed by atoms with Crippen LogP contribution in [0.25, 0.3) is 5.57 Å². The minimum absolute atomic E-state index is 0.0634. The van der Waals surface area contributed by atoms with Crippen LogP contribution in [0.1, 0.15) is 41.8 Å². The Morgan fingerprint density at radius 2 is 1.94 bits per heavy atom. The van der Waals surface area contributed by atoms with Crippen molar-refractivity contribution in [3.05, 3.63) is 84.9 Å². The fourth-order valence-electron chi connectivity index (χ4n) is 4.86. The van der Waals surface area contributed by atoms with Gasteiger partial charge in [0, 0.05) is 23.8 Å². The first-order chi connectivity index (χ1) is 15.1. The van der Waals surface area contributed by atoms with Crippen molar-refractivity contribution in [2.75, 3.05) is 11.9 Å². The first-order valence-electron chi connectivity index (χ1n) is 10.5. The molecule has 2 aromatic carbocycles. The predicted octanol–water partition coefficient (Wildman–Crippen LogP) is 2.67. The minimum atomic E-state index is -0.356. The molecule has 1 amide bonds. The molecule has 0 bridgehead atoms. The Kier molecular flexibility index (Phi) is 4.23. The number of carbonyl (C=O) groups excluding carboxylic acids is 1. The number of rotatable bonds is 1. The molecule has 1 N–H and O–H groups in total. The zero-order valence-electron chi connectivity index (χ0n) is 17.0. The number of aromatic nitrogens is 1. The van der Waals surface area contributed by atoms with E-state index in [-0.39, 0.29) is 29.7 Å². The summed E-state index contributed by atoms with van der Waals surface area (Å²) >= 11 is 1.29. The third-order valence-corrected chi connectivity index (χ3v) is 7.44. The summed E-state index contributed by atoms with van der Waals surface area (Å²) in [6.07, 6.45) is 1.54. The highest BCUT2D eigenvalue weighted by Crippen LogP contribution is 2.41. The lowest BCUT2D eigenvalue weighted by molar-refractivity contribution is -0.110. The Bertz CT molecular complexity index is 1390. The van der Waals surface area contributed by atoms with E-state index in [0.29, 0.717) is 21.5 Å². The van der Waals surface area contributed by atoms with E-state index >= 15 is 0 Å². The number of hydrogen-bond acceptors (Lipinski definition) is 5. The average Bonchev–Trinajstić information content (AvgIpc) is 3.29. The number of anilines is 1. The normalized spacial score (nSPS) is 25.8. The molecule has 7 heteroatoms. The second-order valence-electron chi connectivity index (χ2n) is 8.32. The first-order valence-corrected chi connectivity index (χ1v) is 11.4. The zero-order valence-corrected chi connectivity index (χ0v) is 17.8. The average molecular weight is 432 g/mol. The van der Waals surface area contributed by atoms with Crippen LogP contribution in [-0.2, 0) is 9.53 Å². The van der Waals surface area contributed by atoms with Gasteiger partial charge in [0.25, 0.3) is 11.5 Å². The molecular formula is C24H21N3O3S. The maximum Gasteiger partial charge on any atom is 0.273 e. The lowest BCUT2D eigenvalue weighted by Gasteiger charge is -2.38. The summed E-state index contributed by atoms with van der Waals surface area (Å²) in [7, 11) is 0. The summed E-state index contributed by atoms with van der Waals surface area (Å²) in [5, 5.41) is 2.87. The molecule has 0 aliphatic carbocycles. The second kappa shape index (κ2) is 7.00. The Labute approximate surface area is 182 Å². The van der Waals surface area contributed by atoms with Gasteiger partial charge in [-0.05, 0) is 31.4 Å². The quantitative estimate of drug-likeness (QED) is 0.644. The van der Waals surface area contributed by atoms with Crippen LogP contribution in [0.15, 0.2) is 58.3 Å². The van der Waals surface area contributed by atoms with Crippen LogP contribution in [0.4, 0.5) is 5.69 Å². The summed E-state index contributed by atoms with van der Waals surface area (Å²) in [5.74, 6) is -0.146. The molecule has 0 saturated carbocycles. The minimum Gasteiger partial charge on any atom is -0.357 e. The fraction of sp³-hybridized carbons (Fsp3) is 0.292. The highest BCUT2D eigenvalue weighted by molar-refractivity contribution is 7.07. The Morgan fingerprint density at radius 1 is 1.13 bits per heavy atom. The van der Waals surface area contributed by atoms with Crippen molar-refractivity contribution in [2.45, 2.75) is 32.0 Å². The van der Waals surface area contributed by atoms with E-state index in [1.54, 1.807) is 4.57 Å². The largest absolute Gasteiger partial charge is 0.357 e. The number of nitrogens with zero attached hydrogens (tertiary/aromatic N) is 2. The van der Waals surface area contributed by atoms with Gasteiger partial charge >= 0.3 is 0 Å². The van der Waals surface area contributed by atoms with Crippen LogP contribution in [0.3, 0.4) is 0 Å². The topological polar surface area (TPSA) is 72.7 Å². The predicted molar refractivity (Wildman–Crippen MR) is 119 cm³/mol. The van der Waals surface area contributed by atoms with Crippen LogP contribution in [0.5, 0.6) is 0 Å². The van der Waals surface area contributed by atoms with Crippen molar-refractivity contribution in [3.8, 4) is 0 Å². The summed E-state index contributed by atoms with van der Waals surface area (Å²) < 4.78 is 8.24. The molecule has 0 radical (unpaired) electrons. The van der Waals surface area contributed by atoms with Gasteiger partial charge in [-0.1, -0.05) is 59.4 Å². The Hall–Kier alpha value is -3.03. The van der Waals surface area contributed by atoms with Crippen molar-refractivity contribution in [1.82, 2.24) is 4.57 Å². The molecule has 3 aromatic rings. The lowest BCUT2D eigenvalue weighted by atomic mass is 9.86. The summed E-state index contributed by atoms with van der Waals surface area (Å²) in [6.45, 7) is 2.69. The molecule has 4 heterocycles. The summed E-state index contributed by atoms with van der Waals surface area (Å²) in [6, 6.07) is 15.8. The van der Waals surface area contributed by atoms with Crippen LogP contribution in [0, 0.1) is 12.8 Å². The van der Waals surface area contributed by atoms with Gasteiger partial charge in [-0.25, -0.2) is 0 Å². The molecule has 3 unspecified atom stereocenters. The van der Waals surface area contributed by atoms with E-state index in [2.05, 4.69) is 36.5 Å². The first kappa shape index (κ1) is 18.7.